The third-order valence-corrected chi connectivity index (χ3v) is 2.52. The molecule has 0 fully saturated rings. The Morgan fingerprint density at radius 2 is 2.00 bits per heavy atom. The Labute approximate surface area is 120 Å². The molecule has 1 amide bonds. The van der Waals surface area contributed by atoms with Crippen molar-refractivity contribution in [1.29, 1.82) is 0 Å². The molecule has 0 bridgehead atoms. The lowest BCUT2D eigenvalue weighted by molar-refractivity contribution is 0.102. The van der Waals surface area contributed by atoms with Gasteiger partial charge in [-0.2, -0.15) is 0 Å². The maximum atomic E-state index is 13.3. The van der Waals surface area contributed by atoms with Gasteiger partial charge in [-0.1, -0.05) is 11.8 Å². The lowest BCUT2D eigenvalue weighted by Crippen LogP contribution is -2.15. The molecule has 4 nitrogen and oxygen atoms in total. The number of nitrogens with one attached hydrogen (secondary N) is 1. The number of carbonyl (C=O) groups is 1. The van der Waals surface area contributed by atoms with Crippen LogP contribution >= 0.6 is 0 Å². The first kappa shape index (κ1) is 14.6. The molecule has 0 spiro atoms. The summed E-state index contributed by atoms with van der Waals surface area (Å²) in [7, 11) is 0. The van der Waals surface area contributed by atoms with Crippen LogP contribution in [0.2, 0.25) is 0 Å². The number of pyridine rings is 1. The molecule has 0 saturated carbocycles. The molecule has 0 unspecified atom stereocenters. The fourth-order valence-electron chi connectivity index (χ4n) is 1.59. The van der Waals surface area contributed by atoms with Crippen LogP contribution in [0.25, 0.3) is 0 Å². The second kappa shape index (κ2) is 6.59. The summed E-state index contributed by atoms with van der Waals surface area (Å²) in [5.41, 5.74) is 5.68. The third-order valence-electron chi connectivity index (χ3n) is 2.52. The van der Waals surface area contributed by atoms with E-state index < -0.39 is 17.5 Å². The van der Waals surface area contributed by atoms with Crippen LogP contribution in [0.4, 0.5) is 14.6 Å². The van der Waals surface area contributed by atoms with Crippen LogP contribution in [-0.4, -0.2) is 17.4 Å². The van der Waals surface area contributed by atoms with E-state index in [1.54, 1.807) is 0 Å². The second-order valence-corrected chi connectivity index (χ2v) is 4.01. The first-order valence-corrected chi connectivity index (χ1v) is 6.01. The third kappa shape index (κ3) is 3.84. The van der Waals surface area contributed by atoms with E-state index >= 15 is 0 Å². The molecular weight excluding hydrogens is 276 g/mol. The fraction of sp³-hybridized carbons (Fsp3) is 0.0667. The van der Waals surface area contributed by atoms with E-state index in [1.165, 1.54) is 18.2 Å². The van der Waals surface area contributed by atoms with Gasteiger partial charge in [0.1, 0.15) is 17.5 Å². The van der Waals surface area contributed by atoms with E-state index in [2.05, 4.69) is 22.1 Å². The van der Waals surface area contributed by atoms with Crippen molar-refractivity contribution < 1.29 is 13.6 Å². The van der Waals surface area contributed by atoms with Crippen LogP contribution in [0, 0.1) is 23.5 Å². The summed E-state index contributed by atoms with van der Waals surface area (Å²) in [6, 6.07) is 6.12. The van der Waals surface area contributed by atoms with Gasteiger partial charge in [0.25, 0.3) is 5.91 Å². The highest BCUT2D eigenvalue weighted by Gasteiger charge is 2.12. The molecule has 0 aliphatic rings. The summed E-state index contributed by atoms with van der Waals surface area (Å²) < 4.78 is 26.1. The lowest BCUT2D eigenvalue weighted by Gasteiger charge is -2.06. The van der Waals surface area contributed by atoms with Gasteiger partial charge in [-0.3, -0.25) is 4.79 Å². The minimum atomic E-state index is -0.588. The number of carbonyl (C=O) groups excluding carboxylic acids is 1. The van der Waals surface area contributed by atoms with Gasteiger partial charge < -0.3 is 11.1 Å². The van der Waals surface area contributed by atoms with Gasteiger partial charge >= 0.3 is 0 Å². The first-order chi connectivity index (χ1) is 10.1. The zero-order chi connectivity index (χ0) is 15.2. The minimum absolute atomic E-state index is 0.0575. The Morgan fingerprint density at radius 3 is 2.67 bits per heavy atom. The molecule has 1 aromatic carbocycles. The lowest BCUT2D eigenvalue weighted by atomic mass is 10.1. The highest BCUT2D eigenvalue weighted by molar-refractivity contribution is 6.05. The maximum Gasteiger partial charge on any atom is 0.258 e. The summed E-state index contributed by atoms with van der Waals surface area (Å²) in [5, 5.41) is 2.45. The minimum Gasteiger partial charge on any atom is -0.320 e. The van der Waals surface area contributed by atoms with Gasteiger partial charge in [0.05, 0.1) is 18.3 Å². The Hall–Kier alpha value is -2.78. The number of nitrogens with zero attached hydrogens (tertiary/aromatic N) is 1. The monoisotopic (exact) mass is 287 g/mol. The van der Waals surface area contributed by atoms with Crippen molar-refractivity contribution in [1.82, 2.24) is 4.98 Å². The van der Waals surface area contributed by atoms with Crippen LogP contribution in [0.1, 0.15) is 15.9 Å². The van der Waals surface area contributed by atoms with Crippen LogP contribution in [0.3, 0.4) is 0 Å². The number of amides is 1. The predicted molar refractivity (Wildman–Crippen MR) is 74.5 cm³/mol. The molecule has 0 radical (unpaired) electrons. The van der Waals surface area contributed by atoms with Gasteiger partial charge in [0.2, 0.25) is 0 Å². The maximum absolute atomic E-state index is 13.3. The van der Waals surface area contributed by atoms with Crippen molar-refractivity contribution in [2.45, 2.75) is 0 Å². The number of halogens is 2. The standard InChI is InChI=1S/C15H11F2N3O/c16-11-4-3-10(2-1-7-18)13(8-11)15(21)20-14-6-5-12(17)9-19-14/h3-6,8-9H,7,18H2,(H,19,20,21). The SMILES string of the molecule is NCC#Cc1ccc(F)cc1C(=O)Nc1ccc(F)cn1. The van der Waals surface area contributed by atoms with Crippen LogP contribution in [0.15, 0.2) is 36.5 Å². The highest BCUT2D eigenvalue weighted by Crippen LogP contribution is 2.13. The molecule has 106 valence electrons. The molecule has 0 aliphatic heterocycles. The Kier molecular flexibility index (Phi) is 4.59. The van der Waals surface area contributed by atoms with Crippen molar-refractivity contribution in [3.05, 3.63) is 59.3 Å². The number of aromatic nitrogens is 1. The summed E-state index contributed by atoms with van der Waals surface area (Å²) in [6.45, 7) is 0.123. The molecule has 2 rings (SSSR count). The summed E-state index contributed by atoms with van der Waals surface area (Å²) in [4.78, 5) is 15.8. The Morgan fingerprint density at radius 1 is 1.24 bits per heavy atom. The number of benzene rings is 1. The average Bonchev–Trinajstić information content (AvgIpc) is 2.48. The molecule has 3 N–H and O–H groups in total. The van der Waals surface area contributed by atoms with Gasteiger partial charge in [-0.15, -0.1) is 0 Å². The summed E-state index contributed by atoms with van der Waals surface area (Å²) in [6.07, 6.45) is 0.969. The van der Waals surface area contributed by atoms with E-state index in [0.29, 0.717) is 5.56 Å². The molecule has 6 heteroatoms. The zero-order valence-electron chi connectivity index (χ0n) is 10.9. The largest absolute Gasteiger partial charge is 0.320 e. The normalized spacial score (nSPS) is 9.67. The van der Waals surface area contributed by atoms with E-state index in [0.717, 1.165) is 18.3 Å². The molecule has 1 heterocycles. The smallest absolute Gasteiger partial charge is 0.258 e. The molecule has 21 heavy (non-hydrogen) atoms. The first-order valence-electron chi connectivity index (χ1n) is 6.01. The number of rotatable bonds is 2. The van der Waals surface area contributed by atoms with Gasteiger partial charge in [0, 0.05) is 5.56 Å². The highest BCUT2D eigenvalue weighted by atomic mass is 19.1. The van der Waals surface area contributed by atoms with Gasteiger partial charge in [-0.25, -0.2) is 13.8 Å². The number of anilines is 1. The van der Waals surface area contributed by atoms with Crippen molar-refractivity contribution in [2.75, 3.05) is 11.9 Å². The average molecular weight is 287 g/mol. The number of nitrogens with two attached hydrogens (primary N) is 1. The fourth-order valence-corrected chi connectivity index (χ4v) is 1.59. The molecule has 0 aliphatic carbocycles. The summed E-state index contributed by atoms with van der Waals surface area (Å²) in [5.74, 6) is 3.78. The Balaban J connectivity index is 2.29. The van der Waals surface area contributed by atoms with Crippen LogP contribution in [0.5, 0.6) is 0 Å². The predicted octanol–water partition coefficient (Wildman–Crippen LogP) is 1.92. The van der Waals surface area contributed by atoms with Gasteiger partial charge in [-0.05, 0) is 30.3 Å². The zero-order valence-corrected chi connectivity index (χ0v) is 10.9. The topological polar surface area (TPSA) is 68.0 Å². The summed E-state index contributed by atoms with van der Waals surface area (Å²) >= 11 is 0. The van der Waals surface area contributed by atoms with Crippen molar-refractivity contribution in [3.8, 4) is 11.8 Å². The molecule has 2 aromatic rings. The van der Waals surface area contributed by atoms with E-state index in [9.17, 15) is 13.6 Å². The van der Waals surface area contributed by atoms with E-state index in [-0.39, 0.29) is 17.9 Å². The number of hydrogen-bond acceptors (Lipinski definition) is 3. The van der Waals surface area contributed by atoms with Crippen molar-refractivity contribution >= 4 is 11.7 Å². The van der Waals surface area contributed by atoms with E-state index in [1.807, 2.05) is 0 Å². The van der Waals surface area contributed by atoms with Crippen LogP contribution < -0.4 is 11.1 Å². The molecular formula is C15H11F2N3O. The Bertz CT molecular complexity index is 718. The van der Waals surface area contributed by atoms with E-state index in [4.69, 9.17) is 5.73 Å². The quantitative estimate of drug-likeness (QED) is 0.829. The van der Waals surface area contributed by atoms with Crippen molar-refractivity contribution in [2.24, 2.45) is 5.73 Å². The van der Waals surface area contributed by atoms with Crippen molar-refractivity contribution in [3.63, 3.8) is 0 Å². The van der Waals surface area contributed by atoms with Crippen LogP contribution in [-0.2, 0) is 0 Å². The molecule has 0 saturated heterocycles. The molecule has 1 aromatic heterocycles. The number of hydrogen-bond donors (Lipinski definition) is 2. The molecule has 0 atom stereocenters. The van der Waals surface area contributed by atoms with Gasteiger partial charge in [0.15, 0.2) is 0 Å². The second-order valence-electron chi connectivity index (χ2n) is 4.01.